The molecular formula is C19H36N4O. The van der Waals surface area contributed by atoms with Gasteiger partial charge in [0.05, 0.1) is 0 Å². The predicted octanol–water partition coefficient (Wildman–Crippen LogP) is 2.18. The summed E-state index contributed by atoms with van der Waals surface area (Å²) in [5.74, 6) is 2.86. The summed E-state index contributed by atoms with van der Waals surface area (Å²) in [4.78, 5) is 9.47. The molecule has 0 aromatic carbocycles. The highest BCUT2D eigenvalue weighted by molar-refractivity contribution is 5.79. The van der Waals surface area contributed by atoms with Gasteiger partial charge < -0.3 is 15.0 Å². The summed E-state index contributed by atoms with van der Waals surface area (Å²) in [7, 11) is 4.06. The smallest absolute Gasteiger partial charge is 0.193 e. The van der Waals surface area contributed by atoms with E-state index in [4.69, 9.17) is 4.74 Å². The minimum Gasteiger partial charge on any atom is -0.381 e. The van der Waals surface area contributed by atoms with Crippen molar-refractivity contribution in [2.45, 2.75) is 51.0 Å². The van der Waals surface area contributed by atoms with Crippen LogP contribution in [0.4, 0.5) is 0 Å². The fourth-order valence-corrected chi connectivity index (χ4v) is 3.71. The van der Waals surface area contributed by atoms with Gasteiger partial charge in [-0.05, 0) is 56.8 Å². The maximum Gasteiger partial charge on any atom is 0.193 e. The first-order valence-corrected chi connectivity index (χ1v) is 10.00. The van der Waals surface area contributed by atoms with Gasteiger partial charge in [-0.1, -0.05) is 0 Å². The van der Waals surface area contributed by atoms with E-state index in [2.05, 4.69) is 27.2 Å². The molecule has 0 spiro atoms. The van der Waals surface area contributed by atoms with Gasteiger partial charge in [0.15, 0.2) is 5.96 Å². The van der Waals surface area contributed by atoms with Gasteiger partial charge in [-0.15, -0.1) is 0 Å². The number of guanidine groups is 1. The molecule has 1 saturated heterocycles. The molecule has 0 atom stereocenters. The molecule has 1 aliphatic heterocycles. The van der Waals surface area contributed by atoms with E-state index in [1.54, 1.807) is 0 Å². The molecule has 0 amide bonds. The van der Waals surface area contributed by atoms with Gasteiger partial charge in [0.1, 0.15) is 0 Å². The summed E-state index contributed by atoms with van der Waals surface area (Å²) in [5.41, 5.74) is 0. The van der Waals surface area contributed by atoms with Crippen molar-refractivity contribution in [1.29, 1.82) is 0 Å². The number of hydrogen-bond acceptors (Lipinski definition) is 3. The van der Waals surface area contributed by atoms with Crippen LogP contribution >= 0.6 is 0 Å². The highest BCUT2D eigenvalue weighted by Gasteiger charge is 2.33. The first kappa shape index (κ1) is 18.0. The van der Waals surface area contributed by atoms with Gasteiger partial charge in [0.2, 0.25) is 0 Å². The minimum absolute atomic E-state index is 0.822. The molecule has 3 rings (SSSR count). The Kier molecular flexibility index (Phi) is 6.78. The lowest BCUT2D eigenvalue weighted by molar-refractivity contribution is 0.0625. The van der Waals surface area contributed by atoms with Gasteiger partial charge in [-0.25, -0.2) is 0 Å². The van der Waals surface area contributed by atoms with E-state index < -0.39 is 0 Å². The number of nitrogens with one attached hydrogen (secondary N) is 1. The maximum atomic E-state index is 5.45. The normalized spacial score (nSPS) is 22.9. The molecule has 1 N–H and O–H groups in total. The highest BCUT2D eigenvalue weighted by atomic mass is 16.5. The van der Waals surface area contributed by atoms with E-state index in [9.17, 15) is 0 Å². The van der Waals surface area contributed by atoms with Gasteiger partial charge >= 0.3 is 0 Å². The van der Waals surface area contributed by atoms with Crippen LogP contribution in [0.25, 0.3) is 0 Å². The van der Waals surface area contributed by atoms with Crippen molar-refractivity contribution in [2.75, 3.05) is 53.5 Å². The van der Waals surface area contributed by atoms with E-state index >= 15 is 0 Å². The van der Waals surface area contributed by atoms with Crippen LogP contribution in [-0.4, -0.2) is 75.3 Å². The van der Waals surface area contributed by atoms with Gasteiger partial charge in [0.25, 0.3) is 0 Å². The topological polar surface area (TPSA) is 40.1 Å². The summed E-state index contributed by atoms with van der Waals surface area (Å²) in [6.45, 7) is 6.47. The molecule has 2 saturated carbocycles. The van der Waals surface area contributed by atoms with E-state index in [0.717, 1.165) is 56.7 Å². The monoisotopic (exact) mass is 336 g/mol. The second kappa shape index (κ2) is 9.04. The van der Waals surface area contributed by atoms with E-state index in [1.807, 2.05) is 7.05 Å². The first-order chi connectivity index (χ1) is 11.8. The van der Waals surface area contributed by atoms with Crippen molar-refractivity contribution in [3.05, 3.63) is 0 Å². The second-order valence-electron chi connectivity index (χ2n) is 7.91. The van der Waals surface area contributed by atoms with Crippen molar-refractivity contribution in [3.63, 3.8) is 0 Å². The SMILES string of the molecule is CN=C(NCCN(CC1CC1)C1CC1)N(C)CCC1CCOCC1. The Morgan fingerprint density at radius 2 is 1.79 bits per heavy atom. The van der Waals surface area contributed by atoms with E-state index in [0.29, 0.717) is 0 Å². The van der Waals surface area contributed by atoms with Crippen LogP contribution in [0.1, 0.15) is 44.9 Å². The summed E-state index contributed by atoms with van der Waals surface area (Å²) in [5, 5.41) is 3.57. The van der Waals surface area contributed by atoms with Crippen molar-refractivity contribution >= 4 is 5.96 Å². The molecule has 2 aliphatic carbocycles. The zero-order valence-corrected chi connectivity index (χ0v) is 15.7. The number of nitrogens with zero attached hydrogens (tertiary/aromatic N) is 3. The quantitative estimate of drug-likeness (QED) is 0.517. The van der Waals surface area contributed by atoms with Crippen molar-refractivity contribution in [2.24, 2.45) is 16.8 Å². The Labute approximate surface area is 147 Å². The minimum atomic E-state index is 0.822. The van der Waals surface area contributed by atoms with Gasteiger partial charge in [-0.2, -0.15) is 0 Å². The standard InChI is InChI=1S/C19H36N4O/c1-20-19(22(2)11-7-16-8-13-24-14-9-16)21-10-12-23(18-5-6-18)15-17-3-4-17/h16-18H,3-15H2,1-2H3,(H,20,21). The summed E-state index contributed by atoms with van der Waals surface area (Å²) in [6, 6.07) is 0.876. The zero-order chi connectivity index (χ0) is 16.8. The Balaban J connectivity index is 1.33. The predicted molar refractivity (Wildman–Crippen MR) is 99.5 cm³/mol. The molecule has 0 aromatic heterocycles. The van der Waals surface area contributed by atoms with E-state index in [-0.39, 0.29) is 0 Å². The third kappa shape index (κ3) is 5.92. The molecule has 5 nitrogen and oxygen atoms in total. The number of ether oxygens (including phenoxy) is 1. The lowest BCUT2D eigenvalue weighted by atomic mass is 9.96. The lowest BCUT2D eigenvalue weighted by Gasteiger charge is -2.28. The molecule has 1 heterocycles. The molecule has 138 valence electrons. The first-order valence-electron chi connectivity index (χ1n) is 10.00. The van der Waals surface area contributed by atoms with E-state index in [1.165, 1.54) is 51.5 Å². The molecule has 0 unspecified atom stereocenters. The number of aliphatic imine (C=N–C) groups is 1. The van der Waals surface area contributed by atoms with Crippen LogP contribution < -0.4 is 5.32 Å². The van der Waals surface area contributed by atoms with Crippen molar-refractivity contribution in [3.8, 4) is 0 Å². The van der Waals surface area contributed by atoms with Crippen LogP contribution in [0.15, 0.2) is 4.99 Å². The van der Waals surface area contributed by atoms with Crippen LogP contribution in [0, 0.1) is 11.8 Å². The van der Waals surface area contributed by atoms with Crippen molar-refractivity contribution in [1.82, 2.24) is 15.1 Å². The summed E-state index contributed by atoms with van der Waals surface area (Å²) >= 11 is 0. The summed E-state index contributed by atoms with van der Waals surface area (Å²) < 4.78 is 5.45. The highest BCUT2D eigenvalue weighted by Crippen LogP contribution is 2.34. The Bertz CT molecular complexity index is 400. The molecule has 0 aromatic rings. The largest absolute Gasteiger partial charge is 0.381 e. The average Bonchev–Trinajstić information content (AvgIpc) is 3.49. The third-order valence-corrected chi connectivity index (χ3v) is 5.72. The maximum absolute atomic E-state index is 5.45. The fraction of sp³-hybridized carbons (Fsp3) is 0.947. The van der Waals surface area contributed by atoms with Gasteiger partial charge in [-0.3, -0.25) is 9.89 Å². The second-order valence-corrected chi connectivity index (χ2v) is 7.91. The van der Waals surface area contributed by atoms with Crippen LogP contribution in [0.2, 0.25) is 0 Å². The molecule has 5 heteroatoms. The average molecular weight is 337 g/mol. The van der Waals surface area contributed by atoms with Crippen molar-refractivity contribution < 1.29 is 4.74 Å². The Hall–Kier alpha value is -0.810. The molecule has 24 heavy (non-hydrogen) atoms. The Morgan fingerprint density at radius 3 is 2.42 bits per heavy atom. The van der Waals surface area contributed by atoms with Gasteiger partial charge in [0, 0.05) is 59.5 Å². The molecule has 0 bridgehead atoms. The molecule has 0 radical (unpaired) electrons. The number of hydrogen-bond donors (Lipinski definition) is 1. The summed E-state index contributed by atoms with van der Waals surface area (Å²) in [6.07, 6.45) is 9.41. The number of rotatable bonds is 9. The molecule has 3 aliphatic rings. The lowest BCUT2D eigenvalue weighted by Crippen LogP contribution is -2.44. The molecular weight excluding hydrogens is 300 g/mol. The third-order valence-electron chi connectivity index (χ3n) is 5.72. The van der Waals surface area contributed by atoms with Crippen LogP contribution in [0.5, 0.6) is 0 Å². The Morgan fingerprint density at radius 1 is 1.04 bits per heavy atom. The van der Waals surface area contributed by atoms with Crippen LogP contribution in [0.3, 0.4) is 0 Å². The van der Waals surface area contributed by atoms with Crippen LogP contribution in [-0.2, 0) is 4.74 Å². The fourth-order valence-electron chi connectivity index (χ4n) is 3.71. The molecule has 3 fully saturated rings. The zero-order valence-electron chi connectivity index (χ0n) is 15.7.